The highest BCUT2D eigenvalue weighted by atomic mass is 32.2. The van der Waals surface area contributed by atoms with Gasteiger partial charge in [0.25, 0.3) is 0 Å². The second-order valence-electron chi connectivity index (χ2n) is 6.77. The molecular formula is C23H20N6OS. The highest BCUT2D eigenvalue weighted by molar-refractivity contribution is 7.98. The smallest absolute Gasteiger partial charge is 0.196 e. The quantitative estimate of drug-likeness (QED) is 0.351. The van der Waals surface area contributed by atoms with E-state index in [0.29, 0.717) is 12.4 Å². The number of aromatic nitrogens is 6. The minimum absolute atomic E-state index is 0.574. The van der Waals surface area contributed by atoms with Crippen LogP contribution in [-0.4, -0.2) is 35.7 Å². The molecule has 0 amide bonds. The first kappa shape index (κ1) is 19.3. The summed E-state index contributed by atoms with van der Waals surface area (Å²) in [6.45, 7) is 2.55. The lowest BCUT2D eigenvalue weighted by molar-refractivity contribution is 0.338. The monoisotopic (exact) mass is 428 g/mol. The first-order valence-corrected chi connectivity index (χ1v) is 11.0. The summed E-state index contributed by atoms with van der Waals surface area (Å²) in [7, 11) is 0. The molecule has 0 aliphatic carbocycles. The van der Waals surface area contributed by atoms with Crippen LogP contribution in [0.2, 0.25) is 0 Å². The molecule has 4 heterocycles. The van der Waals surface area contributed by atoms with E-state index in [9.17, 15) is 0 Å². The lowest BCUT2D eigenvalue weighted by Crippen LogP contribution is -2.04. The average Bonchev–Trinajstić information content (AvgIpc) is 3.42. The summed E-state index contributed by atoms with van der Waals surface area (Å²) < 4.78 is 9.94. The Kier molecular flexibility index (Phi) is 5.37. The fraction of sp³-hybridized carbons (Fsp3) is 0.130. The molecule has 0 bridgehead atoms. The maximum atomic E-state index is 5.89. The van der Waals surface area contributed by atoms with E-state index >= 15 is 0 Å². The number of rotatable bonds is 7. The van der Waals surface area contributed by atoms with Crippen molar-refractivity contribution in [2.75, 3.05) is 6.61 Å². The van der Waals surface area contributed by atoms with E-state index in [0.717, 1.165) is 39.3 Å². The highest BCUT2D eigenvalue weighted by Gasteiger charge is 2.19. The van der Waals surface area contributed by atoms with Gasteiger partial charge >= 0.3 is 0 Å². The first-order valence-electron chi connectivity index (χ1n) is 9.97. The summed E-state index contributed by atoms with van der Waals surface area (Å²) >= 11 is 1.59. The third-order valence-corrected chi connectivity index (χ3v) is 5.68. The van der Waals surface area contributed by atoms with Gasteiger partial charge in [-0.05, 0) is 43.3 Å². The number of thioether (sulfide) groups is 1. The zero-order chi connectivity index (χ0) is 21.0. The molecule has 4 aromatic heterocycles. The Morgan fingerprint density at radius 1 is 1.00 bits per heavy atom. The van der Waals surface area contributed by atoms with Crippen LogP contribution in [0.15, 0.2) is 84.5 Å². The molecule has 0 aliphatic heterocycles. The largest absolute Gasteiger partial charge is 0.492 e. The molecule has 7 nitrogen and oxygen atoms in total. The maximum Gasteiger partial charge on any atom is 0.196 e. The normalized spacial score (nSPS) is 11.1. The number of fused-ring (bicyclic) bond motifs is 1. The Labute approximate surface area is 183 Å². The fourth-order valence-electron chi connectivity index (χ4n) is 3.38. The van der Waals surface area contributed by atoms with E-state index < -0.39 is 0 Å². The van der Waals surface area contributed by atoms with Gasteiger partial charge in [0.15, 0.2) is 11.0 Å². The van der Waals surface area contributed by atoms with Gasteiger partial charge < -0.3 is 9.14 Å². The molecule has 0 atom stereocenters. The van der Waals surface area contributed by atoms with Crippen molar-refractivity contribution in [3.63, 3.8) is 0 Å². The molecule has 8 heteroatoms. The van der Waals surface area contributed by atoms with E-state index in [1.807, 2.05) is 82.9 Å². The Morgan fingerprint density at radius 2 is 1.90 bits per heavy atom. The zero-order valence-electron chi connectivity index (χ0n) is 16.9. The minimum atomic E-state index is 0.574. The van der Waals surface area contributed by atoms with E-state index in [4.69, 9.17) is 9.72 Å². The van der Waals surface area contributed by atoms with Crippen LogP contribution in [0.25, 0.3) is 22.7 Å². The van der Waals surface area contributed by atoms with Crippen LogP contribution in [-0.2, 0) is 5.75 Å². The molecule has 5 rings (SSSR count). The summed E-state index contributed by atoms with van der Waals surface area (Å²) in [6.07, 6.45) is 7.58. The van der Waals surface area contributed by atoms with E-state index in [1.165, 1.54) is 0 Å². The van der Waals surface area contributed by atoms with Crippen molar-refractivity contribution in [1.29, 1.82) is 0 Å². The van der Waals surface area contributed by atoms with Gasteiger partial charge in [0.05, 0.1) is 18.0 Å². The number of benzene rings is 1. The number of para-hydroxylation sites is 2. The predicted octanol–water partition coefficient (Wildman–Crippen LogP) is 4.67. The highest BCUT2D eigenvalue weighted by Crippen LogP contribution is 2.33. The van der Waals surface area contributed by atoms with Gasteiger partial charge in [-0.15, -0.1) is 10.2 Å². The van der Waals surface area contributed by atoms with E-state index in [-0.39, 0.29) is 0 Å². The lowest BCUT2D eigenvalue weighted by Gasteiger charge is -2.14. The van der Waals surface area contributed by atoms with Crippen LogP contribution < -0.4 is 4.74 Å². The third-order valence-electron chi connectivity index (χ3n) is 4.72. The molecule has 0 saturated heterocycles. The molecule has 154 valence electrons. The Bertz CT molecular complexity index is 1280. The van der Waals surface area contributed by atoms with Gasteiger partial charge in [0.2, 0.25) is 0 Å². The molecule has 0 unspecified atom stereocenters. The fourth-order valence-corrected chi connectivity index (χ4v) is 4.21. The van der Waals surface area contributed by atoms with Gasteiger partial charge in [0, 0.05) is 36.1 Å². The number of hydrogen-bond acceptors (Lipinski definition) is 6. The Balaban J connectivity index is 1.55. The summed E-state index contributed by atoms with van der Waals surface area (Å²) in [5.41, 5.74) is 3.69. The van der Waals surface area contributed by atoms with Crippen LogP contribution in [0.5, 0.6) is 5.75 Å². The van der Waals surface area contributed by atoms with Crippen molar-refractivity contribution < 1.29 is 4.74 Å². The van der Waals surface area contributed by atoms with Gasteiger partial charge in [-0.1, -0.05) is 30.0 Å². The molecular weight excluding hydrogens is 408 g/mol. The van der Waals surface area contributed by atoms with Crippen molar-refractivity contribution >= 4 is 17.4 Å². The van der Waals surface area contributed by atoms with Crippen LogP contribution >= 0.6 is 11.8 Å². The summed E-state index contributed by atoms with van der Waals surface area (Å²) in [5.74, 6) is 2.17. The molecule has 0 fully saturated rings. The van der Waals surface area contributed by atoms with Gasteiger partial charge in [0.1, 0.15) is 11.4 Å². The van der Waals surface area contributed by atoms with Crippen LogP contribution in [0.1, 0.15) is 12.6 Å². The molecule has 0 spiro atoms. The molecule has 0 N–H and O–H groups in total. The average molecular weight is 429 g/mol. The molecule has 0 aliphatic rings. The predicted molar refractivity (Wildman–Crippen MR) is 121 cm³/mol. The Hall–Kier alpha value is -3.65. The number of ether oxygens (including phenoxy) is 1. The molecule has 0 saturated carbocycles. The summed E-state index contributed by atoms with van der Waals surface area (Å²) in [6, 6.07) is 17.8. The molecule has 1 aromatic carbocycles. The van der Waals surface area contributed by atoms with Gasteiger partial charge in [-0.3, -0.25) is 9.55 Å². The van der Waals surface area contributed by atoms with E-state index in [1.54, 1.807) is 24.2 Å². The summed E-state index contributed by atoms with van der Waals surface area (Å²) in [4.78, 5) is 8.94. The number of nitrogens with zero attached hydrogens (tertiary/aromatic N) is 6. The van der Waals surface area contributed by atoms with Crippen LogP contribution in [0, 0.1) is 0 Å². The van der Waals surface area contributed by atoms with Gasteiger partial charge in [-0.25, -0.2) is 4.98 Å². The second kappa shape index (κ2) is 8.61. The number of hydrogen-bond donors (Lipinski definition) is 0. The Morgan fingerprint density at radius 3 is 2.74 bits per heavy atom. The van der Waals surface area contributed by atoms with Crippen molar-refractivity contribution in [2.45, 2.75) is 17.8 Å². The van der Waals surface area contributed by atoms with Crippen LogP contribution in [0.3, 0.4) is 0 Å². The summed E-state index contributed by atoms with van der Waals surface area (Å²) in [5, 5.41) is 9.75. The standard InChI is InChI=1S/C23H20N6OS/c1-2-30-20-10-4-3-9-19(20)29-22(17-8-7-12-24-14-17)26-27-23(29)31-16-18-15-28-13-6-5-11-21(28)25-18/h3-15H,2,16H2,1H3. The van der Waals surface area contributed by atoms with Crippen LogP contribution in [0.4, 0.5) is 0 Å². The SMILES string of the molecule is CCOc1ccccc1-n1c(SCc2cn3ccccc3n2)nnc1-c1cccnc1. The first-order chi connectivity index (χ1) is 15.3. The lowest BCUT2D eigenvalue weighted by atomic mass is 10.2. The van der Waals surface area contributed by atoms with Gasteiger partial charge in [-0.2, -0.15) is 0 Å². The topological polar surface area (TPSA) is 70.1 Å². The van der Waals surface area contributed by atoms with Crippen molar-refractivity contribution in [1.82, 2.24) is 29.1 Å². The second-order valence-corrected chi connectivity index (χ2v) is 7.71. The molecule has 31 heavy (non-hydrogen) atoms. The van der Waals surface area contributed by atoms with Crippen molar-refractivity contribution in [3.05, 3.63) is 85.1 Å². The number of pyridine rings is 2. The maximum absolute atomic E-state index is 5.89. The van der Waals surface area contributed by atoms with Crippen molar-refractivity contribution in [2.24, 2.45) is 0 Å². The molecule has 5 aromatic rings. The van der Waals surface area contributed by atoms with E-state index in [2.05, 4.69) is 15.2 Å². The molecule has 0 radical (unpaired) electrons. The minimum Gasteiger partial charge on any atom is -0.492 e. The number of imidazole rings is 1. The van der Waals surface area contributed by atoms with Crippen molar-refractivity contribution in [3.8, 4) is 22.8 Å². The third kappa shape index (κ3) is 3.89. The zero-order valence-corrected chi connectivity index (χ0v) is 17.7.